The Kier molecular flexibility index (Phi) is 6.28. The monoisotopic (exact) mass is 366 g/mol. The summed E-state index contributed by atoms with van der Waals surface area (Å²) in [5.74, 6) is 0.986. The molecule has 1 aromatic rings. The van der Waals surface area contributed by atoms with Crippen molar-refractivity contribution in [3.8, 4) is 0 Å². The molecule has 1 aliphatic carbocycles. The van der Waals surface area contributed by atoms with E-state index in [-0.39, 0.29) is 23.8 Å². The summed E-state index contributed by atoms with van der Waals surface area (Å²) in [5, 5.41) is 14.9. The van der Waals surface area contributed by atoms with Gasteiger partial charge in [0.25, 0.3) is 0 Å². The van der Waals surface area contributed by atoms with Crippen LogP contribution in [0.4, 0.5) is 0 Å². The maximum Gasteiger partial charge on any atom is 0.242 e. The summed E-state index contributed by atoms with van der Waals surface area (Å²) < 4.78 is 1.61. The lowest BCUT2D eigenvalue weighted by atomic mass is 9.88. The predicted molar refractivity (Wildman–Crippen MR) is 93.8 cm³/mol. The molecule has 0 spiro atoms. The Bertz CT molecular complexity index is 601. The number of amides is 2. The van der Waals surface area contributed by atoms with E-state index in [0.29, 0.717) is 18.8 Å². The predicted octanol–water partition coefficient (Wildman–Crippen LogP) is 0.990. The van der Waals surface area contributed by atoms with Crippen LogP contribution >= 0.6 is 11.8 Å². The number of hydrogen-bond acceptors (Lipinski definition) is 6. The van der Waals surface area contributed by atoms with E-state index < -0.39 is 0 Å². The quantitative estimate of drug-likeness (QED) is 0.596. The number of tetrazole rings is 1. The van der Waals surface area contributed by atoms with Gasteiger partial charge in [-0.05, 0) is 36.1 Å². The van der Waals surface area contributed by atoms with E-state index in [0.717, 1.165) is 43.7 Å². The zero-order valence-corrected chi connectivity index (χ0v) is 15.5. The largest absolute Gasteiger partial charge is 0.353 e. The van der Waals surface area contributed by atoms with Crippen LogP contribution in [0.1, 0.15) is 44.9 Å². The summed E-state index contributed by atoms with van der Waals surface area (Å²) in [6.45, 7) is 1.26. The van der Waals surface area contributed by atoms with E-state index >= 15 is 0 Å². The Balaban J connectivity index is 1.45. The number of aromatic nitrogens is 4. The van der Waals surface area contributed by atoms with Gasteiger partial charge in [-0.3, -0.25) is 9.59 Å². The summed E-state index contributed by atoms with van der Waals surface area (Å²) in [6, 6.07) is -0.295. The first-order valence-electron chi connectivity index (χ1n) is 9.10. The zero-order chi connectivity index (χ0) is 17.6. The fourth-order valence-electron chi connectivity index (χ4n) is 3.67. The second kappa shape index (κ2) is 8.64. The zero-order valence-electron chi connectivity index (χ0n) is 14.7. The minimum atomic E-state index is -0.295. The van der Waals surface area contributed by atoms with Gasteiger partial charge in [0, 0.05) is 31.8 Å². The van der Waals surface area contributed by atoms with E-state index in [2.05, 4.69) is 20.8 Å². The molecule has 1 aromatic heterocycles. The van der Waals surface area contributed by atoms with Crippen molar-refractivity contribution >= 4 is 23.6 Å². The molecule has 1 saturated carbocycles. The van der Waals surface area contributed by atoms with Gasteiger partial charge in [-0.2, -0.15) is 0 Å². The van der Waals surface area contributed by atoms with Crippen LogP contribution in [0.3, 0.4) is 0 Å². The minimum Gasteiger partial charge on any atom is -0.353 e. The van der Waals surface area contributed by atoms with Crippen LogP contribution in [0.15, 0.2) is 5.16 Å². The number of likely N-dealkylation sites (tertiary alicyclic amines) is 1. The topological polar surface area (TPSA) is 93.0 Å². The second-order valence-corrected chi connectivity index (χ2v) is 7.81. The smallest absolute Gasteiger partial charge is 0.242 e. The SMILES string of the molecule is Cn1nnnc1SCCNC(=O)[C@@H]1CCCN1C(=O)C1CCCCC1. The molecular formula is C16H26N6O2S. The first-order valence-corrected chi connectivity index (χ1v) is 10.1. The van der Waals surface area contributed by atoms with Gasteiger partial charge in [-0.15, -0.1) is 5.10 Å². The summed E-state index contributed by atoms with van der Waals surface area (Å²) in [6.07, 6.45) is 7.13. The third-order valence-corrected chi connectivity index (χ3v) is 6.02. The fraction of sp³-hybridized carbons (Fsp3) is 0.812. The van der Waals surface area contributed by atoms with E-state index in [1.807, 2.05) is 4.90 Å². The first kappa shape index (κ1) is 18.2. The Labute approximate surface area is 152 Å². The molecule has 1 atom stereocenters. The third-order valence-electron chi connectivity index (χ3n) is 5.01. The molecule has 0 unspecified atom stereocenters. The Morgan fingerprint density at radius 1 is 1.20 bits per heavy atom. The second-order valence-electron chi connectivity index (χ2n) is 6.75. The van der Waals surface area contributed by atoms with Gasteiger partial charge in [0.15, 0.2) is 0 Å². The van der Waals surface area contributed by atoms with Gasteiger partial charge in [0.05, 0.1) is 0 Å². The van der Waals surface area contributed by atoms with Crippen molar-refractivity contribution in [1.82, 2.24) is 30.4 Å². The van der Waals surface area contributed by atoms with E-state index in [9.17, 15) is 9.59 Å². The van der Waals surface area contributed by atoms with Gasteiger partial charge in [0.2, 0.25) is 17.0 Å². The van der Waals surface area contributed by atoms with Crippen molar-refractivity contribution in [2.75, 3.05) is 18.8 Å². The molecule has 9 heteroatoms. The van der Waals surface area contributed by atoms with Crippen LogP contribution in [0.25, 0.3) is 0 Å². The van der Waals surface area contributed by atoms with Crippen LogP contribution in [-0.4, -0.2) is 61.8 Å². The summed E-state index contributed by atoms with van der Waals surface area (Å²) in [4.78, 5) is 27.1. The molecular weight excluding hydrogens is 340 g/mol. The Morgan fingerprint density at radius 3 is 2.72 bits per heavy atom. The molecule has 1 saturated heterocycles. The van der Waals surface area contributed by atoms with E-state index in [4.69, 9.17) is 0 Å². The van der Waals surface area contributed by atoms with Crippen LogP contribution < -0.4 is 5.32 Å². The van der Waals surface area contributed by atoms with Gasteiger partial charge >= 0.3 is 0 Å². The van der Waals surface area contributed by atoms with Crippen molar-refractivity contribution in [1.29, 1.82) is 0 Å². The number of rotatable bonds is 6. The van der Waals surface area contributed by atoms with Gasteiger partial charge in [-0.25, -0.2) is 4.68 Å². The van der Waals surface area contributed by atoms with Crippen molar-refractivity contribution in [3.05, 3.63) is 0 Å². The van der Waals surface area contributed by atoms with Crippen molar-refractivity contribution in [2.24, 2.45) is 13.0 Å². The van der Waals surface area contributed by atoms with Gasteiger partial charge in [-0.1, -0.05) is 31.0 Å². The van der Waals surface area contributed by atoms with Crippen LogP contribution in [0.5, 0.6) is 0 Å². The van der Waals surface area contributed by atoms with Crippen molar-refractivity contribution in [3.63, 3.8) is 0 Å². The highest BCUT2D eigenvalue weighted by molar-refractivity contribution is 7.99. The van der Waals surface area contributed by atoms with Crippen molar-refractivity contribution in [2.45, 2.75) is 56.1 Å². The lowest BCUT2D eigenvalue weighted by molar-refractivity contribution is -0.142. The standard InChI is InChI=1S/C16H26N6O2S/c1-21-16(18-19-20-21)25-11-9-17-14(23)13-8-5-10-22(13)15(24)12-6-3-2-4-7-12/h12-13H,2-11H2,1H3,(H,17,23)/t13-/m0/s1. The Morgan fingerprint density at radius 2 is 2.00 bits per heavy atom. The van der Waals surface area contributed by atoms with E-state index in [1.54, 1.807) is 11.7 Å². The lowest BCUT2D eigenvalue weighted by Gasteiger charge is -2.30. The summed E-state index contributed by atoms with van der Waals surface area (Å²) >= 11 is 1.50. The first-order chi connectivity index (χ1) is 12.2. The summed E-state index contributed by atoms with van der Waals surface area (Å²) in [7, 11) is 1.79. The normalized spacial score (nSPS) is 21.5. The Hall–Kier alpha value is -1.64. The number of carbonyl (C=O) groups excluding carboxylic acids is 2. The molecule has 138 valence electrons. The maximum atomic E-state index is 12.8. The number of nitrogens with one attached hydrogen (secondary N) is 1. The van der Waals surface area contributed by atoms with Gasteiger partial charge < -0.3 is 10.2 Å². The molecule has 2 heterocycles. The molecule has 2 aliphatic rings. The van der Waals surface area contributed by atoms with Crippen LogP contribution in [-0.2, 0) is 16.6 Å². The van der Waals surface area contributed by atoms with Crippen LogP contribution in [0.2, 0.25) is 0 Å². The average Bonchev–Trinajstić information content (AvgIpc) is 3.28. The molecule has 1 aliphatic heterocycles. The number of nitrogens with zero attached hydrogens (tertiary/aromatic N) is 5. The summed E-state index contributed by atoms with van der Waals surface area (Å²) in [5.41, 5.74) is 0. The molecule has 0 radical (unpaired) electrons. The molecule has 25 heavy (non-hydrogen) atoms. The molecule has 0 aromatic carbocycles. The minimum absolute atomic E-state index is 0.0293. The molecule has 1 N–H and O–H groups in total. The maximum absolute atomic E-state index is 12.8. The fourth-order valence-corrected chi connectivity index (χ4v) is 4.37. The molecule has 2 fully saturated rings. The highest BCUT2D eigenvalue weighted by Crippen LogP contribution is 2.28. The number of hydrogen-bond donors (Lipinski definition) is 1. The van der Waals surface area contributed by atoms with Crippen molar-refractivity contribution < 1.29 is 9.59 Å². The number of aryl methyl sites for hydroxylation is 1. The molecule has 3 rings (SSSR count). The average molecular weight is 366 g/mol. The number of thioether (sulfide) groups is 1. The highest BCUT2D eigenvalue weighted by Gasteiger charge is 2.37. The number of carbonyl (C=O) groups is 2. The van der Waals surface area contributed by atoms with Gasteiger partial charge in [0.1, 0.15) is 6.04 Å². The lowest BCUT2D eigenvalue weighted by Crippen LogP contribution is -2.48. The highest BCUT2D eigenvalue weighted by atomic mass is 32.2. The van der Waals surface area contributed by atoms with E-state index in [1.165, 1.54) is 18.2 Å². The third kappa shape index (κ3) is 4.50. The molecule has 0 bridgehead atoms. The molecule has 8 nitrogen and oxygen atoms in total. The van der Waals surface area contributed by atoms with Crippen LogP contribution in [0, 0.1) is 5.92 Å². The molecule has 2 amide bonds.